The maximum Gasteiger partial charge on any atom is 0.130 e. The monoisotopic (exact) mass is 293 g/mol. The first-order valence-electron chi connectivity index (χ1n) is 6.42. The molecule has 0 aliphatic rings. The largest absolute Gasteiger partial charge is 0.312 e. The van der Waals surface area contributed by atoms with Gasteiger partial charge in [0.05, 0.1) is 0 Å². The number of aryl methyl sites for hydroxylation is 1. The summed E-state index contributed by atoms with van der Waals surface area (Å²) in [6.45, 7) is 2.03. The van der Waals surface area contributed by atoms with Gasteiger partial charge in [-0.15, -0.1) is 11.8 Å². The summed E-state index contributed by atoms with van der Waals surface area (Å²) >= 11 is 1.58. The molecule has 0 saturated carbocycles. The lowest BCUT2D eigenvalue weighted by molar-refractivity contribution is 0.513. The number of thioether (sulfide) groups is 1. The second-order valence-corrected chi connectivity index (χ2v) is 5.69. The highest BCUT2D eigenvalue weighted by molar-refractivity contribution is 7.99. The van der Waals surface area contributed by atoms with E-state index in [-0.39, 0.29) is 11.6 Å². The van der Waals surface area contributed by atoms with Gasteiger partial charge in [0.25, 0.3) is 0 Å². The van der Waals surface area contributed by atoms with Crippen LogP contribution < -0.4 is 5.32 Å². The minimum Gasteiger partial charge on any atom is -0.312 e. The van der Waals surface area contributed by atoms with Gasteiger partial charge in [-0.1, -0.05) is 23.8 Å². The van der Waals surface area contributed by atoms with Gasteiger partial charge in [0.2, 0.25) is 0 Å². The number of halogens is 2. The van der Waals surface area contributed by atoms with Crippen molar-refractivity contribution in [1.29, 1.82) is 0 Å². The maximum absolute atomic E-state index is 13.8. The molecular formula is C16H17F2NS. The number of rotatable bonds is 5. The first-order chi connectivity index (χ1) is 9.61. The Kier molecular flexibility index (Phi) is 5.15. The molecule has 0 heterocycles. The van der Waals surface area contributed by atoms with Gasteiger partial charge in [-0.25, -0.2) is 8.78 Å². The SMILES string of the molecule is CNC(CSc1ccc(C)cc1)c1c(F)cccc1F. The summed E-state index contributed by atoms with van der Waals surface area (Å²) in [5.41, 5.74) is 1.30. The molecule has 0 radical (unpaired) electrons. The lowest BCUT2D eigenvalue weighted by Crippen LogP contribution is -2.21. The summed E-state index contributed by atoms with van der Waals surface area (Å²) in [5, 5.41) is 2.98. The van der Waals surface area contributed by atoms with Crippen LogP contribution in [0.2, 0.25) is 0 Å². The van der Waals surface area contributed by atoms with E-state index in [1.54, 1.807) is 18.8 Å². The highest BCUT2D eigenvalue weighted by Crippen LogP contribution is 2.27. The summed E-state index contributed by atoms with van der Waals surface area (Å²) in [7, 11) is 1.71. The Hall–Kier alpha value is -1.39. The third kappa shape index (κ3) is 3.58. The van der Waals surface area contributed by atoms with Crippen molar-refractivity contribution in [3.05, 3.63) is 65.2 Å². The highest BCUT2D eigenvalue weighted by atomic mass is 32.2. The minimum atomic E-state index is -0.506. The van der Waals surface area contributed by atoms with Crippen molar-refractivity contribution < 1.29 is 8.78 Å². The second-order valence-electron chi connectivity index (χ2n) is 4.60. The summed E-state index contributed by atoms with van der Waals surface area (Å²) in [6, 6.07) is 11.7. The number of hydrogen-bond donors (Lipinski definition) is 1. The second kappa shape index (κ2) is 6.86. The first-order valence-corrected chi connectivity index (χ1v) is 7.41. The van der Waals surface area contributed by atoms with Gasteiger partial charge >= 0.3 is 0 Å². The minimum absolute atomic E-state index is 0.106. The van der Waals surface area contributed by atoms with Crippen LogP contribution in [-0.4, -0.2) is 12.8 Å². The van der Waals surface area contributed by atoms with Gasteiger partial charge in [0, 0.05) is 22.3 Å². The molecule has 106 valence electrons. The van der Waals surface area contributed by atoms with Crippen molar-refractivity contribution in [2.24, 2.45) is 0 Å². The molecule has 0 aromatic heterocycles. The Labute approximate surface area is 122 Å². The van der Waals surface area contributed by atoms with E-state index in [1.807, 2.05) is 31.2 Å². The van der Waals surface area contributed by atoms with E-state index in [2.05, 4.69) is 5.32 Å². The van der Waals surface area contributed by atoms with E-state index in [4.69, 9.17) is 0 Å². The fourth-order valence-corrected chi connectivity index (χ4v) is 2.99. The van der Waals surface area contributed by atoms with Gasteiger partial charge in [-0.2, -0.15) is 0 Å². The molecule has 0 amide bonds. The molecule has 0 spiro atoms. The highest BCUT2D eigenvalue weighted by Gasteiger charge is 2.18. The van der Waals surface area contributed by atoms with Crippen molar-refractivity contribution in [3.63, 3.8) is 0 Å². The van der Waals surface area contributed by atoms with Crippen molar-refractivity contribution in [3.8, 4) is 0 Å². The molecule has 20 heavy (non-hydrogen) atoms. The zero-order valence-electron chi connectivity index (χ0n) is 11.5. The third-order valence-corrected chi connectivity index (χ3v) is 4.24. The Morgan fingerprint density at radius 2 is 1.65 bits per heavy atom. The zero-order chi connectivity index (χ0) is 14.5. The Morgan fingerprint density at radius 3 is 2.20 bits per heavy atom. The van der Waals surface area contributed by atoms with Crippen molar-refractivity contribution in [2.45, 2.75) is 17.9 Å². The molecular weight excluding hydrogens is 276 g/mol. The van der Waals surface area contributed by atoms with Gasteiger partial charge < -0.3 is 5.32 Å². The maximum atomic E-state index is 13.8. The van der Waals surface area contributed by atoms with Crippen molar-refractivity contribution >= 4 is 11.8 Å². The van der Waals surface area contributed by atoms with Gasteiger partial charge in [0.15, 0.2) is 0 Å². The molecule has 2 aromatic rings. The van der Waals surface area contributed by atoms with E-state index in [1.165, 1.54) is 23.8 Å². The van der Waals surface area contributed by atoms with Crippen LogP contribution >= 0.6 is 11.8 Å². The average Bonchev–Trinajstić information content (AvgIpc) is 2.44. The predicted octanol–water partition coefficient (Wildman–Crippen LogP) is 4.33. The Bertz CT molecular complexity index is 549. The lowest BCUT2D eigenvalue weighted by atomic mass is 10.1. The van der Waals surface area contributed by atoms with Crippen LogP contribution in [0.4, 0.5) is 8.78 Å². The first kappa shape index (κ1) is 15.0. The predicted molar refractivity (Wildman–Crippen MR) is 80.1 cm³/mol. The fourth-order valence-electron chi connectivity index (χ4n) is 1.97. The average molecular weight is 293 g/mol. The fraction of sp³-hybridized carbons (Fsp3) is 0.250. The number of benzene rings is 2. The zero-order valence-corrected chi connectivity index (χ0v) is 12.3. The Morgan fingerprint density at radius 1 is 1.05 bits per heavy atom. The van der Waals surface area contributed by atoms with Crippen LogP contribution in [0, 0.1) is 18.6 Å². The molecule has 2 rings (SSSR count). The van der Waals surface area contributed by atoms with Crippen molar-refractivity contribution in [2.75, 3.05) is 12.8 Å². The Balaban J connectivity index is 2.11. The molecule has 0 fully saturated rings. The number of nitrogens with one attached hydrogen (secondary N) is 1. The van der Waals surface area contributed by atoms with E-state index >= 15 is 0 Å². The molecule has 0 saturated heterocycles. The molecule has 1 atom stereocenters. The molecule has 1 unspecified atom stereocenters. The quantitative estimate of drug-likeness (QED) is 0.824. The summed E-state index contributed by atoms with van der Waals surface area (Å²) in [4.78, 5) is 1.09. The lowest BCUT2D eigenvalue weighted by Gasteiger charge is -2.17. The van der Waals surface area contributed by atoms with Crippen LogP contribution in [0.25, 0.3) is 0 Å². The van der Waals surface area contributed by atoms with E-state index < -0.39 is 11.6 Å². The third-order valence-electron chi connectivity index (χ3n) is 3.13. The van der Waals surface area contributed by atoms with Gasteiger partial charge in [-0.05, 0) is 38.2 Å². The van der Waals surface area contributed by atoms with Crippen LogP contribution in [0.1, 0.15) is 17.2 Å². The molecule has 0 bridgehead atoms. The standard InChI is InChI=1S/C16H17F2NS/c1-11-6-8-12(9-7-11)20-10-15(19-2)16-13(17)4-3-5-14(16)18/h3-9,15,19H,10H2,1-2H3. The molecule has 2 aromatic carbocycles. The summed E-state index contributed by atoms with van der Waals surface area (Å²) < 4.78 is 27.6. The molecule has 0 aliphatic heterocycles. The molecule has 1 nitrogen and oxygen atoms in total. The van der Waals surface area contributed by atoms with Crippen molar-refractivity contribution in [1.82, 2.24) is 5.32 Å². The molecule has 0 aliphatic carbocycles. The number of hydrogen-bond acceptors (Lipinski definition) is 2. The van der Waals surface area contributed by atoms with E-state index in [0.29, 0.717) is 5.75 Å². The summed E-state index contributed by atoms with van der Waals surface area (Å²) in [5.74, 6) is -0.444. The smallest absolute Gasteiger partial charge is 0.130 e. The van der Waals surface area contributed by atoms with Crippen LogP contribution in [-0.2, 0) is 0 Å². The van der Waals surface area contributed by atoms with Crippen LogP contribution in [0.15, 0.2) is 47.4 Å². The van der Waals surface area contributed by atoms with Crippen LogP contribution in [0.5, 0.6) is 0 Å². The molecule has 1 N–H and O–H groups in total. The van der Waals surface area contributed by atoms with E-state index in [0.717, 1.165) is 4.90 Å². The summed E-state index contributed by atoms with van der Waals surface area (Å²) in [6.07, 6.45) is 0. The van der Waals surface area contributed by atoms with Gasteiger partial charge in [-0.3, -0.25) is 0 Å². The van der Waals surface area contributed by atoms with Crippen LogP contribution in [0.3, 0.4) is 0 Å². The topological polar surface area (TPSA) is 12.0 Å². The van der Waals surface area contributed by atoms with Gasteiger partial charge in [0.1, 0.15) is 11.6 Å². The molecule has 4 heteroatoms. The normalized spacial score (nSPS) is 12.4. The van der Waals surface area contributed by atoms with E-state index in [9.17, 15) is 8.78 Å².